The van der Waals surface area contributed by atoms with Crippen molar-refractivity contribution in [2.75, 3.05) is 5.75 Å². The van der Waals surface area contributed by atoms with Crippen LogP contribution in [0.4, 0.5) is 0 Å². The fourth-order valence-corrected chi connectivity index (χ4v) is 3.11. The van der Waals surface area contributed by atoms with Gasteiger partial charge in [0.2, 0.25) is 5.16 Å². The maximum atomic E-state index is 12.4. The van der Waals surface area contributed by atoms with E-state index in [-0.39, 0.29) is 23.1 Å². The van der Waals surface area contributed by atoms with Crippen molar-refractivity contribution in [1.82, 2.24) is 20.2 Å². The summed E-state index contributed by atoms with van der Waals surface area (Å²) in [4.78, 5) is 12.1. The third-order valence-corrected chi connectivity index (χ3v) is 4.49. The van der Waals surface area contributed by atoms with Crippen molar-refractivity contribution in [2.24, 2.45) is 0 Å². The quantitative estimate of drug-likeness (QED) is 0.648. The van der Waals surface area contributed by atoms with Crippen molar-refractivity contribution in [3.63, 3.8) is 0 Å². The molecule has 0 fully saturated rings. The van der Waals surface area contributed by atoms with Crippen molar-refractivity contribution in [3.05, 3.63) is 66.2 Å². The van der Waals surface area contributed by atoms with E-state index in [9.17, 15) is 9.00 Å². The van der Waals surface area contributed by atoms with Crippen LogP contribution in [0.15, 0.2) is 65.8 Å². The van der Waals surface area contributed by atoms with Crippen LogP contribution in [0.3, 0.4) is 0 Å². The van der Waals surface area contributed by atoms with Gasteiger partial charge in [0.25, 0.3) is 0 Å². The van der Waals surface area contributed by atoms with Crippen LogP contribution in [0, 0.1) is 0 Å². The second-order valence-corrected chi connectivity index (χ2v) is 6.26. The molecule has 23 heavy (non-hydrogen) atoms. The first-order chi connectivity index (χ1) is 11.3. The zero-order chi connectivity index (χ0) is 16.1. The van der Waals surface area contributed by atoms with Gasteiger partial charge in [-0.05, 0) is 22.6 Å². The van der Waals surface area contributed by atoms with Crippen molar-refractivity contribution >= 4 is 16.6 Å². The molecule has 0 N–H and O–H groups in total. The summed E-state index contributed by atoms with van der Waals surface area (Å²) in [5.74, 6) is 0.138. The zero-order valence-corrected chi connectivity index (χ0v) is 13.0. The highest BCUT2D eigenvalue weighted by Gasteiger charge is 2.17. The van der Waals surface area contributed by atoms with E-state index < -0.39 is 10.8 Å². The molecule has 7 heteroatoms. The van der Waals surface area contributed by atoms with Gasteiger partial charge in [0.05, 0.1) is 16.5 Å². The summed E-state index contributed by atoms with van der Waals surface area (Å²) in [5.41, 5.74) is 1.35. The van der Waals surface area contributed by atoms with E-state index in [1.165, 1.54) is 4.68 Å². The van der Waals surface area contributed by atoms with Crippen LogP contribution >= 0.6 is 0 Å². The number of carbonyl (C=O) groups is 1. The maximum absolute atomic E-state index is 12.4. The van der Waals surface area contributed by atoms with E-state index in [1.54, 1.807) is 24.3 Å². The molecule has 1 aromatic heterocycles. The smallest absolute Gasteiger partial charge is 0.244 e. The van der Waals surface area contributed by atoms with E-state index in [2.05, 4.69) is 15.5 Å². The van der Waals surface area contributed by atoms with Gasteiger partial charge in [-0.2, -0.15) is 4.68 Å². The van der Waals surface area contributed by atoms with Gasteiger partial charge in [-0.25, -0.2) is 0 Å². The number of carbonyl (C=O) groups excluding carboxylic acids is 1. The second-order valence-electron chi connectivity index (χ2n) is 4.80. The Hall–Kier alpha value is -2.67. The van der Waals surface area contributed by atoms with Crippen LogP contribution in [0.5, 0.6) is 0 Å². The number of ketones is 1. The lowest BCUT2D eigenvalue weighted by atomic mass is 10.1. The third kappa shape index (κ3) is 3.57. The molecule has 0 aliphatic carbocycles. The summed E-state index contributed by atoms with van der Waals surface area (Å²) in [5, 5.41) is 11.5. The van der Waals surface area contributed by atoms with Gasteiger partial charge in [0.15, 0.2) is 5.78 Å². The minimum Gasteiger partial charge on any atom is -0.294 e. The number of aromatic nitrogens is 4. The normalized spacial score (nSPS) is 12.0. The van der Waals surface area contributed by atoms with Crippen molar-refractivity contribution in [1.29, 1.82) is 0 Å². The molecule has 6 nitrogen and oxygen atoms in total. The van der Waals surface area contributed by atoms with Gasteiger partial charge in [0.1, 0.15) is 0 Å². The number of Topliss-reactive ketones (excluding diaryl/α,β-unsaturated/α-hetero) is 1. The largest absolute Gasteiger partial charge is 0.294 e. The summed E-state index contributed by atoms with van der Waals surface area (Å²) >= 11 is 0. The SMILES string of the molecule is O=C(CCS(=O)c1nnnn1-c1ccccc1)c1ccccc1. The number of para-hydroxylation sites is 1. The summed E-state index contributed by atoms with van der Waals surface area (Å²) < 4.78 is 13.9. The Bertz CT molecular complexity index is 818. The lowest BCUT2D eigenvalue weighted by molar-refractivity contribution is 0.0989. The minimum absolute atomic E-state index is 0.0438. The van der Waals surface area contributed by atoms with Crippen molar-refractivity contribution in [3.8, 4) is 5.69 Å². The molecule has 1 atom stereocenters. The molecule has 2 aromatic carbocycles. The standard InChI is InChI=1S/C16H14N4O2S/c21-15(13-7-3-1-4-8-13)11-12-23(22)16-17-18-19-20(16)14-9-5-2-6-10-14/h1-10H,11-12H2. The van der Waals surface area contributed by atoms with Gasteiger partial charge in [-0.1, -0.05) is 53.6 Å². The van der Waals surface area contributed by atoms with Gasteiger partial charge in [-0.3, -0.25) is 9.00 Å². The Labute approximate surface area is 135 Å². The second kappa shape index (κ2) is 7.06. The van der Waals surface area contributed by atoms with Gasteiger partial charge >= 0.3 is 0 Å². The summed E-state index contributed by atoms with van der Waals surface area (Å²) in [6, 6.07) is 18.2. The zero-order valence-electron chi connectivity index (χ0n) is 12.2. The van der Waals surface area contributed by atoms with Gasteiger partial charge in [0, 0.05) is 17.7 Å². The van der Waals surface area contributed by atoms with E-state index in [1.807, 2.05) is 36.4 Å². The lowest BCUT2D eigenvalue weighted by Gasteiger charge is -2.04. The Morgan fingerprint density at radius 1 is 1.00 bits per heavy atom. The molecule has 3 rings (SSSR count). The first-order valence-electron chi connectivity index (χ1n) is 7.06. The Kier molecular flexibility index (Phi) is 4.68. The highest BCUT2D eigenvalue weighted by molar-refractivity contribution is 7.84. The fraction of sp³-hybridized carbons (Fsp3) is 0.125. The Morgan fingerprint density at radius 2 is 1.65 bits per heavy atom. The Balaban J connectivity index is 1.70. The average molecular weight is 326 g/mol. The molecule has 0 aliphatic rings. The first kappa shape index (κ1) is 15.2. The molecule has 0 radical (unpaired) electrons. The molecule has 0 spiro atoms. The van der Waals surface area contributed by atoms with Crippen molar-refractivity contribution < 1.29 is 9.00 Å². The highest BCUT2D eigenvalue weighted by atomic mass is 32.2. The van der Waals surface area contributed by atoms with Gasteiger partial charge in [-0.15, -0.1) is 0 Å². The monoisotopic (exact) mass is 326 g/mol. The maximum Gasteiger partial charge on any atom is 0.244 e. The van der Waals surface area contributed by atoms with Crippen LogP contribution in [-0.4, -0.2) is 36.0 Å². The number of hydrogen-bond donors (Lipinski definition) is 0. The van der Waals surface area contributed by atoms with E-state index in [4.69, 9.17) is 0 Å². The number of rotatable bonds is 6. The van der Waals surface area contributed by atoms with Crippen LogP contribution in [0.2, 0.25) is 0 Å². The third-order valence-electron chi connectivity index (χ3n) is 3.26. The molecular formula is C16H14N4O2S. The van der Waals surface area contributed by atoms with Crippen LogP contribution in [0.25, 0.3) is 5.69 Å². The summed E-state index contributed by atoms with van der Waals surface area (Å²) in [6.45, 7) is 0. The number of tetrazole rings is 1. The molecule has 116 valence electrons. The van der Waals surface area contributed by atoms with E-state index >= 15 is 0 Å². The first-order valence-corrected chi connectivity index (χ1v) is 8.38. The molecular weight excluding hydrogens is 312 g/mol. The number of benzene rings is 2. The lowest BCUT2D eigenvalue weighted by Crippen LogP contribution is -2.11. The van der Waals surface area contributed by atoms with Crippen molar-refractivity contribution in [2.45, 2.75) is 11.6 Å². The molecule has 0 saturated carbocycles. The number of hydrogen-bond acceptors (Lipinski definition) is 5. The summed E-state index contributed by atoms with van der Waals surface area (Å²) in [6.07, 6.45) is 0.179. The number of nitrogens with zero attached hydrogens (tertiary/aromatic N) is 4. The average Bonchev–Trinajstić information content (AvgIpc) is 3.11. The molecule has 3 aromatic rings. The van der Waals surface area contributed by atoms with E-state index in [0.29, 0.717) is 5.56 Å². The van der Waals surface area contributed by atoms with Crippen LogP contribution < -0.4 is 0 Å². The molecule has 0 aliphatic heterocycles. The van der Waals surface area contributed by atoms with Crippen LogP contribution in [-0.2, 0) is 10.8 Å². The topological polar surface area (TPSA) is 77.7 Å². The Morgan fingerprint density at radius 3 is 2.35 bits per heavy atom. The van der Waals surface area contributed by atoms with E-state index in [0.717, 1.165) is 5.69 Å². The van der Waals surface area contributed by atoms with Gasteiger partial charge < -0.3 is 0 Å². The molecule has 0 amide bonds. The molecule has 1 heterocycles. The predicted octanol–water partition coefficient (Wildman–Crippen LogP) is 2.04. The van der Waals surface area contributed by atoms with Crippen LogP contribution in [0.1, 0.15) is 16.8 Å². The molecule has 0 bridgehead atoms. The molecule has 1 unspecified atom stereocenters. The predicted molar refractivity (Wildman–Crippen MR) is 85.8 cm³/mol. The minimum atomic E-state index is -1.45. The molecule has 0 saturated heterocycles. The highest BCUT2D eigenvalue weighted by Crippen LogP contribution is 2.12. The summed E-state index contributed by atoms with van der Waals surface area (Å²) in [7, 11) is -1.45. The fourth-order valence-electron chi connectivity index (χ4n) is 2.10.